The molecule has 0 saturated heterocycles. The first kappa shape index (κ1) is 26.0. The van der Waals surface area contributed by atoms with Gasteiger partial charge in [-0.05, 0) is 67.1 Å². The molecule has 1 N–H and O–H groups in total. The van der Waals surface area contributed by atoms with Crippen molar-refractivity contribution in [2.24, 2.45) is 9.98 Å². The molecule has 4 heterocycles. The van der Waals surface area contributed by atoms with E-state index in [0.29, 0.717) is 34.0 Å². The van der Waals surface area contributed by atoms with E-state index in [-0.39, 0.29) is 5.69 Å². The molecule has 0 unspecified atom stereocenters. The van der Waals surface area contributed by atoms with Crippen molar-refractivity contribution in [3.05, 3.63) is 125 Å². The summed E-state index contributed by atoms with van der Waals surface area (Å²) in [5, 5.41) is 8.54. The Hall–Kier alpha value is -4.96. The highest BCUT2D eigenvalue weighted by Crippen LogP contribution is 2.48. The zero-order chi connectivity index (χ0) is 29.0. The molecule has 0 bridgehead atoms. The van der Waals surface area contributed by atoms with E-state index in [1.54, 1.807) is 16.9 Å². The van der Waals surface area contributed by atoms with Crippen LogP contribution in [0.3, 0.4) is 0 Å². The van der Waals surface area contributed by atoms with Gasteiger partial charge in [0.15, 0.2) is 23.3 Å². The van der Waals surface area contributed by atoms with Gasteiger partial charge in [0.1, 0.15) is 0 Å². The van der Waals surface area contributed by atoms with E-state index >= 15 is 0 Å². The number of nitrogens with zero attached hydrogens (tertiary/aromatic N) is 6. The number of anilines is 2. The molecule has 2 aliphatic heterocycles. The van der Waals surface area contributed by atoms with Crippen LogP contribution in [0.1, 0.15) is 28.4 Å². The molecule has 42 heavy (non-hydrogen) atoms. The van der Waals surface area contributed by atoms with E-state index in [1.165, 1.54) is 6.07 Å². The Morgan fingerprint density at radius 1 is 0.881 bits per heavy atom. The van der Waals surface area contributed by atoms with Gasteiger partial charge in [0.25, 0.3) is 0 Å². The summed E-state index contributed by atoms with van der Waals surface area (Å²) in [5.74, 6) is 1.85. The van der Waals surface area contributed by atoms with E-state index in [4.69, 9.17) is 26.7 Å². The van der Waals surface area contributed by atoms with Crippen molar-refractivity contribution in [3.63, 3.8) is 0 Å². The first-order valence-electron chi connectivity index (χ1n) is 13.0. The van der Waals surface area contributed by atoms with Gasteiger partial charge in [0.05, 0.1) is 28.7 Å². The van der Waals surface area contributed by atoms with Crippen molar-refractivity contribution < 1.29 is 13.2 Å². The molecule has 0 fully saturated rings. The van der Waals surface area contributed by atoms with Gasteiger partial charge in [0, 0.05) is 22.5 Å². The van der Waals surface area contributed by atoms with Crippen molar-refractivity contribution in [1.82, 2.24) is 14.8 Å². The largest absolute Gasteiger partial charge is 0.416 e. The number of rotatable bonds is 3. The third-order valence-electron chi connectivity index (χ3n) is 7.14. The number of benzene rings is 3. The molecule has 0 radical (unpaired) electrons. The molecule has 2 aromatic heterocycles. The number of aryl methyl sites for hydroxylation is 1. The first-order valence-corrected chi connectivity index (χ1v) is 13.4. The quantitative estimate of drug-likeness (QED) is 0.233. The molecule has 11 heteroatoms. The van der Waals surface area contributed by atoms with Crippen molar-refractivity contribution in [2.75, 3.05) is 10.2 Å². The summed E-state index contributed by atoms with van der Waals surface area (Å²) < 4.78 is 42.3. The van der Waals surface area contributed by atoms with Crippen LogP contribution in [0, 0.1) is 6.92 Å². The van der Waals surface area contributed by atoms with Gasteiger partial charge in [-0.3, -0.25) is 0 Å². The predicted octanol–water partition coefficient (Wildman–Crippen LogP) is 8.04. The number of halogens is 4. The second-order valence-electron chi connectivity index (χ2n) is 9.83. The SMILES string of the molecule is Cc1nn(-c2ccccn2)c2c1[C@H](c1ccc(Cl)cc1)N1C(=N2)C(Nc2cccc(C(F)(F)F)c2)=Nc2ccccc21. The molecule has 0 spiro atoms. The number of hydrogen-bond donors (Lipinski definition) is 1. The standard InChI is InChI=1S/C31H21ClF3N7/c1-18-26-27(19-12-14-21(32)15-13-19)41-24-10-3-2-9-23(24)38-28(37-22-8-6-7-20(17-22)31(33,34)35)30(41)39-29(26)42(40-18)25-11-4-5-16-36-25/h2-17,27H,1H3,(H,37,38)/t27-/m0/s1. The molecule has 7 rings (SSSR count). The number of hydrogen-bond acceptors (Lipinski definition) is 6. The van der Waals surface area contributed by atoms with Crippen LogP contribution >= 0.6 is 11.6 Å². The van der Waals surface area contributed by atoms with Crippen LogP contribution < -0.4 is 10.2 Å². The lowest BCUT2D eigenvalue weighted by Gasteiger charge is -2.40. The fourth-order valence-electron chi connectivity index (χ4n) is 5.31. The van der Waals surface area contributed by atoms with Crippen LogP contribution in [0.4, 0.5) is 36.1 Å². The summed E-state index contributed by atoms with van der Waals surface area (Å²) in [6, 6.07) is 25.3. The summed E-state index contributed by atoms with van der Waals surface area (Å²) in [4.78, 5) is 16.4. The monoisotopic (exact) mass is 583 g/mol. The van der Waals surface area contributed by atoms with Crippen molar-refractivity contribution >= 4 is 46.2 Å². The topological polar surface area (TPSA) is 70.7 Å². The third kappa shape index (κ3) is 4.40. The summed E-state index contributed by atoms with van der Waals surface area (Å²) in [6.07, 6.45) is -2.81. The van der Waals surface area contributed by atoms with Crippen LogP contribution in [0.25, 0.3) is 5.82 Å². The number of nitrogens with one attached hydrogen (secondary N) is 1. The average Bonchev–Trinajstić information content (AvgIpc) is 3.33. The van der Waals surface area contributed by atoms with Crippen molar-refractivity contribution in [3.8, 4) is 5.82 Å². The highest BCUT2D eigenvalue weighted by atomic mass is 35.5. The number of pyridine rings is 1. The fraction of sp³-hybridized carbons (Fsp3) is 0.0968. The molecule has 0 amide bonds. The van der Waals surface area contributed by atoms with Crippen molar-refractivity contribution in [2.45, 2.75) is 19.1 Å². The Labute approximate surface area is 243 Å². The molecular formula is C31H21ClF3N7. The normalized spacial score (nSPS) is 15.7. The lowest BCUT2D eigenvalue weighted by molar-refractivity contribution is -0.137. The van der Waals surface area contributed by atoms with Crippen LogP contribution in [-0.4, -0.2) is 26.4 Å². The number of fused-ring (bicyclic) bond motifs is 4. The third-order valence-corrected chi connectivity index (χ3v) is 7.39. The second kappa shape index (κ2) is 9.85. The van der Waals surface area contributed by atoms with E-state index in [9.17, 15) is 13.2 Å². The molecule has 208 valence electrons. The molecule has 0 aliphatic carbocycles. The summed E-state index contributed by atoms with van der Waals surface area (Å²) in [5.41, 5.74) is 3.44. The van der Waals surface area contributed by atoms with Gasteiger partial charge in [-0.15, -0.1) is 0 Å². The lowest BCUT2D eigenvalue weighted by atomic mass is 9.93. The minimum atomic E-state index is -4.49. The van der Waals surface area contributed by atoms with E-state index in [0.717, 1.165) is 34.6 Å². The maximum atomic E-state index is 13.5. The van der Waals surface area contributed by atoms with Gasteiger partial charge in [-0.1, -0.05) is 48.0 Å². The Morgan fingerprint density at radius 2 is 1.67 bits per heavy atom. The number of aromatic nitrogens is 3. The summed E-state index contributed by atoms with van der Waals surface area (Å²) >= 11 is 6.27. The van der Waals surface area contributed by atoms with Gasteiger partial charge < -0.3 is 10.2 Å². The van der Waals surface area contributed by atoms with Gasteiger partial charge in [-0.2, -0.15) is 23.0 Å². The zero-order valence-corrected chi connectivity index (χ0v) is 22.8. The predicted molar refractivity (Wildman–Crippen MR) is 158 cm³/mol. The van der Waals surface area contributed by atoms with Crippen LogP contribution in [-0.2, 0) is 6.18 Å². The van der Waals surface area contributed by atoms with Crippen LogP contribution in [0.2, 0.25) is 5.02 Å². The zero-order valence-electron chi connectivity index (χ0n) is 22.0. The van der Waals surface area contributed by atoms with E-state index < -0.39 is 17.8 Å². The van der Waals surface area contributed by atoms with Gasteiger partial charge in [0.2, 0.25) is 0 Å². The minimum absolute atomic E-state index is 0.230. The molecule has 7 nitrogen and oxygen atoms in total. The Morgan fingerprint density at radius 3 is 2.43 bits per heavy atom. The minimum Gasteiger partial charge on any atom is -0.337 e. The van der Waals surface area contributed by atoms with E-state index in [2.05, 4.69) is 10.3 Å². The molecule has 2 aliphatic rings. The van der Waals surface area contributed by atoms with Gasteiger partial charge >= 0.3 is 6.18 Å². The maximum absolute atomic E-state index is 13.5. The molecule has 1 atom stereocenters. The molecular weight excluding hydrogens is 563 g/mol. The maximum Gasteiger partial charge on any atom is 0.416 e. The number of amidine groups is 2. The Kier molecular flexibility index (Phi) is 6.09. The number of para-hydroxylation sites is 2. The molecule has 3 aromatic carbocycles. The Bertz CT molecular complexity index is 1880. The highest BCUT2D eigenvalue weighted by Gasteiger charge is 2.41. The number of aliphatic imine (C=N–C) groups is 2. The van der Waals surface area contributed by atoms with Crippen molar-refractivity contribution in [1.29, 1.82) is 0 Å². The smallest absolute Gasteiger partial charge is 0.337 e. The summed E-state index contributed by atoms with van der Waals surface area (Å²) in [6.45, 7) is 1.92. The summed E-state index contributed by atoms with van der Waals surface area (Å²) in [7, 11) is 0. The molecule has 0 saturated carbocycles. The Balaban J connectivity index is 1.47. The average molecular weight is 584 g/mol. The number of alkyl halides is 3. The molecule has 5 aromatic rings. The van der Waals surface area contributed by atoms with Crippen LogP contribution in [0.15, 0.2) is 107 Å². The lowest BCUT2D eigenvalue weighted by Crippen LogP contribution is -2.46. The van der Waals surface area contributed by atoms with Gasteiger partial charge in [-0.25, -0.2) is 15.0 Å². The second-order valence-corrected chi connectivity index (χ2v) is 10.3. The highest BCUT2D eigenvalue weighted by molar-refractivity contribution is 6.51. The van der Waals surface area contributed by atoms with E-state index in [1.807, 2.05) is 78.6 Å². The van der Waals surface area contributed by atoms with Crippen LogP contribution in [0.5, 0.6) is 0 Å². The fourth-order valence-corrected chi connectivity index (χ4v) is 5.43. The first-order chi connectivity index (χ1) is 20.3.